The van der Waals surface area contributed by atoms with Crippen LogP contribution in [0.1, 0.15) is 5.56 Å². The van der Waals surface area contributed by atoms with E-state index in [1.165, 1.54) is 263 Å². The van der Waals surface area contributed by atoms with Gasteiger partial charge in [-0.15, -0.1) is 0 Å². The number of para-hydroxylation sites is 6. The van der Waals surface area contributed by atoms with Crippen molar-refractivity contribution >= 4 is 173 Å². The van der Waals surface area contributed by atoms with Crippen LogP contribution in [0.15, 0.2) is 461 Å². The van der Waals surface area contributed by atoms with E-state index in [-0.39, 0.29) is 0 Å². The number of fused-ring (bicyclic) bond motifs is 10. The fraction of sp³-hybridized carbons (Fsp3) is 0.00800. The summed E-state index contributed by atoms with van der Waals surface area (Å²) >= 11 is 0. The van der Waals surface area contributed by atoms with Crippen LogP contribution in [0.25, 0.3) is 257 Å². The van der Waals surface area contributed by atoms with Crippen molar-refractivity contribution in [2.24, 2.45) is 0 Å². The molecule has 3 heterocycles. The zero-order valence-corrected chi connectivity index (χ0v) is 70.2. The normalized spacial score (nSPS) is 11.9. The molecule has 3 nitrogen and oxygen atoms in total. The average Bonchev–Trinajstić information content (AvgIpc) is 1.38. The fourth-order valence-corrected chi connectivity index (χ4v) is 21.6. The van der Waals surface area contributed by atoms with Gasteiger partial charge in [0.15, 0.2) is 0 Å². The first kappa shape index (κ1) is 72.9. The molecule has 0 atom stereocenters. The van der Waals surface area contributed by atoms with Crippen LogP contribution in [0.5, 0.6) is 0 Å². The third-order valence-corrected chi connectivity index (χ3v) is 27.5. The molecule has 28 rings (SSSR count). The molecule has 0 radical (unpaired) electrons. The molecule has 0 saturated heterocycles. The average molecular weight is 1620 g/mol. The first-order chi connectivity index (χ1) is 63.4. The topological polar surface area (TPSA) is 14.8 Å². The number of nitrogens with zero attached hydrogens (tertiary/aromatic N) is 3. The second kappa shape index (κ2) is 29.2. The minimum absolute atomic E-state index is 1.17. The first-order valence-electron chi connectivity index (χ1n) is 44.4. The summed E-state index contributed by atoms with van der Waals surface area (Å²) in [6.07, 6.45) is 0. The molecule has 128 heavy (non-hydrogen) atoms. The Morgan fingerprint density at radius 2 is 0.367 bits per heavy atom. The summed E-state index contributed by atoms with van der Waals surface area (Å²) in [7, 11) is 0. The van der Waals surface area contributed by atoms with Crippen molar-refractivity contribution in [3.8, 4) is 83.8 Å². The van der Waals surface area contributed by atoms with Crippen LogP contribution in [0.3, 0.4) is 0 Å². The van der Waals surface area contributed by atoms with Gasteiger partial charge in [-0.3, -0.25) is 0 Å². The number of rotatable bonds is 9. The van der Waals surface area contributed by atoms with Gasteiger partial charge in [-0.25, -0.2) is 0 Å². The molecular formula is C125H79N3. The van der Waals surface area contributed by atoms with Gasteiger partial charge in [-0.05, 0) is 260 Å². The van der Waals surface area contributed by atoms with Gasteiger partial charge in [0.2, 0.25) is 0 Å². The molecule has 0 aliphatic rings. The SMILES string of the molecule is Cc1ccc(-c2ccc3ccc4c(-c5cccc(-n6c7ccccc7c7ccccc76)c5)ccc5ccc2c3c54)cc1.c1ccc(-c2ccc3ccc4c(-c5cccc(-n6c7ccccc7c7ccccc76)c5)ccc5ccc2c3c54)cc1.c1ccc2cc(-c3ccc4ccc5ccc(-c6ccc(-n7c8ccccc8c8ccccc87)cc6)c6ccc3c4c56)ccc2c1. The molecule has 594 valence electrons. The van der Waals surface area contributed by atoms with Gasteiger partial charge in [0.25, 0.3) is 0 Å². The molecule has 25 aromatic carbocycles. The Morgan fingerprint density at radius 1 is 0.133 bits per heavy atom. The summed E-state index contributed by atoms with van der Waals surface area (Å²) in [4.78, 5) is 0. The van der Waals surface area contributed by atoms with Crippen molar-refractivity contribution in [1.29, 1.82) is 0 Å². The van der Waals surface area contributed by atoms with E-state index in [1.54, 1.807) is 0 Å². The van der Waals surface area contributed by atoms with Crippen LogP contribution < -0.4 is 0 Å². The van der Waals surface area contributed by atoms with E-state index in [4.69, 9.17) is 0 Å². The monoisotopic (exact) mass is 1620 g/mol. The zero-order chi connectivity index (χ0) is 84.2. The summed E-state index contributed by atoms with van der Waals surface area (Å²) < 4.78 is 7.18. The second-order valence-electron chi connectivity index (χ2n) is 34.5. The Kier molecular flexibility index (Phi) is 16.6. The Hall–Kier alpha value is -16.7. The van der Waals surface area contributed by atoms with E-state index in [0.717, 1.165) is 0 Å². The predicted molar refractivity (Wildman–Crippen MR) is 548 cm³/mol. The van der Waals surface area contributed by atoms with Crippen LogP contribution >= 0.6 is 0 Å². The zero-order valence-electron chi connectivity index (χ0n) is 70.2. The summed E-state index contributed by atoms with van der Waals surface area (Å²) in [6, 6.07) is 170. The molecule has 0 aliphatic heterocycles. The van der Waals surface area contributed by atoms with Crippen molar-refractivity contribution in [1.82, 2.24) is 13.7 Å². The number of hydrogen-bond acceptors (Lipinski definition) is 0. The summed E-state index contributed by atoms with van der Waals surface area (Å²) in [6.45, 7) is 2.14. The first-order valence-corrected chi connectivity index (χ1v) is 44.4. The Balaban J connectivity index is 0.000000102. The van der Waals surface area contributed by atoms with E-state index in [9.17, 15) is 0 Å². The highest BCUT2D eigenvalue weighted by molar-refractivity contribution is 6.31. The van der Waals surface area contributed by atoms with Gasteiger partial charge in [0.1, 0.15) is 0 Å². The lowest BCUT2D eigenvalue weighted by atomic mass is 9.87. The van der Waals surface area contributed by atoms with Crippen molar-refractivity contribution in [2.75, 3.05) is 0 Å². The number of aryl methyl sites for hydroxylation is 1. The molecule has 0 N–H and O–H groups in total. The van der Waals surface area contributed by atoms with Gasteiger partial charge < -0.3 is 13.7 Å². The molecule has 0 bridgehead atoms. The molecule has 0 fully saturated rings. The van der Waals surface area contributed by atoms with Crippen molar-refractivity contribution in [3.05, 3.63) is 467 Å². The predicted octanol–water partition coefficient (Wildman–Crippen LogP) is 34.5. The van der Waals surface area contributed by atoms with Gasteiger partial charge in [-0.2, -0.15) is 0 Å². The lowest BCUT2D eigenvalue weighted by molar-refractivity contribution is 1.18. The lowest BCUT2D eigenvalue weighted by Gasteiger charge is -2.17. The second-order valence-corrected chi connectivity index (χ2v) is 34.5. The third-order valence-electron chi connectivity index (χ3n) is 27.5. The van der Waals surface area contributed by atoms with Crippen LogP contribution in [-0.4, -0.2) is 13.7 Å². The van der Waals surface area contributed by atoms with Crippen molar-refractivity contribution < 1.29 is 0 Å². The van der Waals surface area contributed by atoms with Crippen molar-refractivity contribution in [2.45, 2.75) is 6.92 Å². The standard InChI is InChI=1S/C44H27N.C41H27N.C40H25N/c1-2-8-32-27-33(16-13-28(32)7-1)36-24-20-31-15-14-30-19-23-35(39-25-26-40(36)44(31)43(30)39)29-17-21-34(22-18-29)45-41-11-5-3-9-37(41)38-10-4-6-12-42(38)45;1-26-13-15-27(16-14-26)32-21-17-28-20-24-37-33(22-18-29-19-23-36(32)40(28)41(29)37)30-7-6-8-31(25-30)42-38-11-4-2-9-34(38)35-10-3-5-12-39(35)42;1-2-9-26(10-3-1)31-21-17-27-20-24-36-32(22-18-28-19-23-35(31)39(27)40(28)36)29-11-8-12-30(25-29)41-37-15-6-4-13-33(37)34-14-5-7-16-38(34)41/h1-27H;2-25H,1H3;1-25H. The smallest absolute Gasteiger partial charge is 0.0541 e. The number of aromatic nitrogens is 3. The number of hydrogen-bond donors (Lipinski definition) is 0. The van der Waals surface area contributed by atoms with E-state index in [0.29, 0.717) is 0 Å². The van der Waals surface area contributed by atoms with Crippen LogP contribution in [-0.2, 0) is 0 Å². The lowest BCUT2D eigenvalue weighted by Crippen LogP contribution is -1.94. The maximum absolute atomic E-state index is 2.40. The molecule has 3 aromatic heterocycles. The summed E-state index contributed by atoms with van der Waals surface area (Å²) in [5.41, 5.74) is 27.3. The minimum Gasteiger partial charge on any atom is -0.309 e. The maximum atomic E-state index is 2.40. The quantitative estimate of drug-likeness (QED) is 0.128. The van der Waals surface area contributed by atoms with Gasteiger partial charge in [0, 0.05) is 49.4 Å². The van der Waals surface area contributed by atoms with E-state index in [1.807, 2.05) is 0 Å². The third kappa shape index (κ3) is 11.5. The van der Waals surface area contributed by atoms with E-state index in [2.05, 4.69) is 482 Å². The van der Waals surface area contributed by atoms with Gasteiger partial charge >= 0.3 is 0 Å². The summed E-state index contributed by atoms with van der Waals surface area (Å²) in [5, 5.41) is 33.8. The molecule has 0 aliphatic carbocycles. The minimum atomic E-state index is 1.17. The molecule has 3 heteroatoms. The molecule has 0 amide bonds. The highest BCUT2D eigenvalue weighted by Crippen LogP contribution is 2.49. The Labute approximate surface area is 739 Å². The number of benzene rings is 25. The highest BCUT2D eigenvalue weighted by atomic mass is 15.0. The maximum Gasteiger partial charge on any atom is 0.0541 e. The molecule has 0 spiro atoms. The van der Waals surface area contributed by atoms with Crippen LogP contribution in [0, 0.1) is 6.92 Å². The fourth-order valence-electron chi connectivity index (χ4n) is 21.6. The van der Waals surface area contributed by atoms with Crippen LogP contribution in [0.2, 0.25) is 0 Å². The highest BCUT2D eigenvalue weighted by Gasteiger charge is 2.23. The summed E-state index contributed by atoms with van der Waals surface area (Å²) in [5.74, 6) is 0. The van der Waals surface area contributed by atoms with Gasteiger partial charge in [0.05, 0.1) is 33.1 Å². The largest absolute Gasteiger partial charge is 0.309 e. The van der Waals surface area contributed by atoms with Crippen molar-refractivity contribution in [3.63, 3.8) is 0 Å². The molecule has 28 aromatic rings. The van der Waals surface area contributed by atoms with Gasteiger partial charge in [-0.1, -0.05) is 388 Å². The Bertz CT molecular complexity index is 9160. The molecular weight excluding hydrogens is 1540 g/mol. The molecule has 0 unspecified atom stereocenters. The van der Waals surface area contributed by atoms with E-state index >= 15 is 0 Å². The van der Waals surface area contributed by atoms with E-state index < -0.39 is 0 Å². The molecule has 0 saturated carbocycles. The van der Waals surface area contributed by atoms with Crippen LogP contribution in [0.4, 0.5) is 0 Å². The Morgan fingerprint density at radius 3 is 0.719 bits per heavy atom.